The number of carboxylic acid groups (broad SMARTS) is 1. The number of rotatable bonds is 17. The van der Waals surface area contributed by atoms with E-state index in [1.165, 1.54) is 0 Å². The van der Waals surface area contributed by atoms with E-state index >= 15 is 0 Å². The number of Topliss-reactive ketones (excluding diaryl/α,β-unsaturated/α-hetero) is 1. The summed E-state index contributed by atoms with van der Waals surface area (Å²) in [6, 6.07) is 6.96. The van der Waals surface area contributed by atoms with Crippen LogP contribution in [0, 0.1) is 24.2 Å². The Morgan fingerprint density at radius 3 is 2.18 bits per heavy atom. The minimum atomic E-state index is -1.06. The first-order valence-electron chi connectivity index (χ1n) is 14.6. The number of hydrogen-bond donors (Lipinski definition) is 4. The third kappa shape index (κ3) is 10.7. The van der Waals surface area contributed by atoms with E-state index in [0.717, 1.165) is 21.7 Å². The van der Waals surface area contributed by atoms with Crippen molar-refractivity contribution in [3.63, 3.8) is 0 Å². The smallest absolute Gasteiger partial charge is 0.329 e. The Morgan fingerprint density at radius 2 is 1.59 bits per heavy atom. The number of carboxylic acids is 1. The van der Waals surface area contributed by atoms with Crippen LogP contribution < -0.4 is 10.6 Å². The quantitative estimate of drug-likeness (QED) is 0.189. The number of benzene rings is 1. The van der Waals surface area contributed by atoms with Crippen molar-refractivity contribution in [3.8, 4) is 10.4 Å². The number of aryl methyl sites for hydroxylation is 1. The molecule has 0 bridgehead atoms. The van der Waals surface area contributed by atoms with E-state index in [2.05, 4.69) is 15.6 Å². The summed E-state index contributed by atoms with van der Waals surface area (Å²) in [5.74, 6) is -3.61. The van der Waals surface area contributed by atoms with Crippen molar-refractivity contribution in [1.82, 2.24) is 15.6 Å². The van der Waals surface area contributed by atoms with Gasteiger partial charge in [-0.3, -0.25) is 14.4 Å². The van der Waals surface area contributed by atoms with Crippen LogP contribution in [0.15, 0.2) is 29.8 Å². The lowest BCUT2D eigenvalue weighted by Gasteiger charge is -2.33. The van der Waals surface area contributed by atoms with E-state index in [9.17, 15) is 24.3 Å². The van der Waals surface area contributed by atoms with Crippen molar-refractivity contribution < 1.29 is 43.6 Å². The maximum Gasteiger partial charge on any atom is 0.329 e. The molecule has 2 amide bonds. The van der Waals surface area contributed by atoms with Gasteiger partial charge >= 0.3 is 5.97 Å². The molecule has 1 aliphatic carbocycles. The first-order valence-corrected chi connectivity index (χ1v) is 15.5. The van der Waals surface area contributed by atoms with Gasteiger partial charge in [-0.2, -0.15) is 0 Å². The van der Waals surface area contributed by atoms with Gasteiger partial charge in [-0.25, -0.2) is 9.78 Å². The molecule has 1 aliphatic rings. The fourth-order valence-electron chi connectivity index (χ4n) is 5.08. The highest BCUT2D eigenvalue weighted by molar-refractivity contribution is 7.13. The van der Waals surface area contributed by atoms with E-state index in [4.69, 9.17) is 19.3 Å². The highest BCUT2D eigenvalue weighted by Gasteiger charge is 2.46. The maximum atomic E-state index is 13.8. The fourth-order valence-corrected chi connectivity index (χ4v) is 5.89. The first kappa shape index (κ1) is 35.3. The molecule has 0 spiro atoms. The monoisotopic (exact) mass is 633 g/mol. The van der Waals surface area contributed by atoms with Gasteiger partial charge in [0.05, 0.1) is 60.6 Å². The lowest BCUT2D eigenvalue weighted by Crippen LogP contribution is -2.53. The average Bonchev–Trinajstić information content (AvgIpc) is 3.58. The second-order valence-corrected chi connectivity index (χ2v) is 12.8. The number of carbonyl (C=O) groups is 4. The molecule has 44 heavy (non-hydrogen) atoms. The van der Waals surface area contributed by atoms with Crippen LogP contribution >= 0.6 is 11.3 Å². The van der Waals surface area contributed by atoms with Gasteiger partial charge in [0.25, 0.3) is 0 Å². The van der Waals surface area contributed by atoms with Crippen LogP contribution in [0.3, 0.4) is 0 Å². The van der Waals surface area contributed by atoms with E-state index in [0.29, 0.717) is 0 Å². The molecule has 0 radical (unpaired) electrons. The van der Waals surface area contributed by atoms with Gasteiger partial charge in [0.15, 0.2) is 5.78 Å². The summed E-state index contributed by atoms with van der Waals surface area (Å²) in [6.45, 7) is 7.64. The second kappa shape index (κ2) is 16.7. The van der Waals surface area contributed by atoms with Crippen molar-refractivity contribution in [1.29, 1.82) is 0 Å². The minimum Gasteiger partial charge on any atom is -0.480 e. The molecule has 1 saturated carbocycles. The number of aliphatic hydroxyl groups excluding tert-OH is 1. The number of aromatic nitrogens is 1. The summed E-state index contributed by atoms with van der Waals surface area (Å²) in [4.78, 5) is 55.5. The Bertz CT molecular complexity index is 1260. The number of thiazole rings is 1. The molecule has 242 valence electrons. The Morgan fingerprint density at radius 1 is 0.977 bits per heavy atom. The number of nitrogens with one attached hydrogen (secondary N) is 2. The highest BCUT2D eigenvalue weighted by atomic mass is 32.1. The number of aliphatic carboxylic acids is 1. The molecular weight excluding hydrogens is 590 g/mol. The van der Waals surface area contributed by atoms with E-state index < -0.39 is 47.9 Å². The molecule has 12 nitrogen and oxygen atoms in total. The molecule has 4 N–H and O–H groups in total. The van der Waals surface area contributed by atoms with Crippen LogP contribution in [0.5, 0.6) is 0 Å². The van der Waals surface area contributed by atoms with Crippen LogP contribution in [-0.2, 0) is 39.9 Å². The molecule has 1 aromatic carbocycles. The molecule has 1 fully saturated rings. The summed E-state index contributed by atoms with van der Waals surface area (Å²) < 4.78 is 15.5. The first-order chi connectivity index (χ1) is 20.9. The summed E-state index contributed by atoms with van der Waals surface area (Å²) in [5, 5.41) is 24.6. The number of nitrogens with zero attached hydrogens (tertiary/aromatic N) is 1. The number of carbonyl (C=O) groups excluding carboxylic acids is 3. The molecular formula is C31H43N3O9S. The zero-order valence-electron chi connectivity index (χ0n) is 25.7. The summed E-state index contributed by atoms with van der Waals surface area (Å²) in [5.41, 5.74) is 4.08. The molecule has 4 atom stereocenters. The third-order valence-electron chi connectivity index (χ3n) is 7.33. The van der Waals surface area contributed by atoms with Crippen molar-refractivity contribution in [3.05, 3.63) is 41.0 Å². The fraction of sp³-hybridized carbons (Fsp3) is 0.581. The van der Waals surface area contributed by atoms with E-state index in [1.807, 2.05) is 52.0 Å². The van der Waals surface area contributed by atoms with Crippen LogP contribution in [0.1, 0.15) is 44.9 Å². The standard InChI is InChI=1S/C31H43N3O9S/c1-19-28(44-18-33-19)21-7-5-20(6-8-21)15-32-30(40)24-14-22(35)13-23(24)27(39)29(31(2,3)4)34-25(36)16-42-11-9-41-10-12-43-17-26(37)38/h5-8,18,22-24,29,35H,9-17H2,1-4H3,(H,32,40)(H,34,36)(H,37,38)/t22-,23?,24+,29+/m0/s1. The lowest BCUT2D eigenvalue weighted by molar-refractivity contribution is -0.142. The maximum absolute atomic E-state index is 13.8. The van der Waals surface area contributed by atoms with E-state index in [-0.39, 0.29) is 64.1 Å². The molecule has 3 rings (SSSR count). The number of amides is 2. The number of ketones is 1. The molecule has 1 heterocycles. The zero-order valence-corrected chi connectivity index (χ0v) is 26.5. The topological polar surface area (TPSA) is 173 Å². The van der Waals surface area contributed by atoms with Crippen molar-refractivity contribution in [2.45, 2.75) is 59.2 Å². The number of ether oxygens (including phenoxy) is 3. The van der Waals surface area contributed by atoms with Crippen molar-refractivity contribution in [2.75, 3.05) is 39.6 Å². The SMILES string of the molecule is Cc1ncsc1-c1ccc(CNC(=O)[C@@H]2C[C@@H](O)CC2C(=O)[C@@H](NC(=O)COCCOCCOCC(=O)O)C(C)(C)C)cc1. The summed E-state index contributed by atoms with van der Waals surface area (Å²) in [6.07, 6.45) is -0.483. The Balaban J connectivity index is 1.50. The third-order valence-corrected chi connectivity index (χ3v) is 8.30. The zero-order chi connectivity index (χ0) is 32.3. The van der Waals surface area contributed by atoms with Gasteiger partial charge in [0, 0.05) is 12.5 Å². The highest BCUT2D eigenvalue weighted by Crippen LogP contribution is 2.36. The van der Waals surface area contributed by atoms with Gasteiger partial charge in [-0.15, -0.1) is 11.3 Å². The van der Waals surface area contributed by atoms with Gasteiger partial charge in [-0.1, -0.05) is 45.0 Å². The van der Waals surface area contributed by atoms with Crippen LogP contribution in [0.25, 0.3) is 10.4 Å². The number of aliphatic hydroxyl groups is 1. The minimum absolute atomic E-state index is 0.116. The predicted octanol–water partition coefficient (Wildman–Crippen LogP) is 2.36. The lowest BCUT2D eigenvalue weighted by atomic mass is 9.77. The molecule has 1 unspecified atom stereocenters. The van der Waals surface area contributed by atoms with Gasteiger partial charge < -0.3 is 35.1 Å². The molecule has 2 aromatic rings. The van der Waals surface area contributed by atoms with Crippen LogP contribution in [0.4, 0.5) is 0 Å². The Labute approximate surface area is 261 Å². The summed E-state index contributed by atoms with van der Waals surface area (Å²) >= 11 is 1.57. The normalized spacial score (nSPS) is 19.0. The van der Waals surface area contributed by atoms with Gasteiger partial charge in [0.2, 0.25) is 11.8 Å². The van der Waals surface area contributed by atoms with Crippen molar-refractivity contribution >= 4 is 34.9 Å². The Kier molecular flexibility index (Phi) is 13.4. The molecule has 0 saturated heterocycles. The predicted molar refractivity (Wildman–Crippen MR) is 163 cm³/mol. The molecule has 1 aromatic heterocycles. The van der Waals surface area contributed by atoms with Gasteiger partial charge in [0.1, 0.15) is 13.2 Å². The molecule has 13 heteroatoms. The second-order valence-electron chi connectivity index (χ2n) is 11.9. The average molecular weight is 634 g/mol. The van der Waals surface area contributed by atoms with E-state index in [1.54, 1.807) is 16.8 Å². The Hall–Kier alpha value is -3.23. The molecule has 0 aliphatic heterocycles. The van der Waals surface area contributed by atoms with Gasteiger partial charge in [-0.05, 0) is 36.3 Å². The summed E-state index contributed by atoms with van der Waals surface area (Å²) in [7, 11) is 0. The van der Waals surface area contributed by atoms with Crippen molar-refractivity contribution in [2.24, 2.45) is 17.3 Å². The van der Waals surface area contributed by atoms with Crippen LogP contribution in [0.2, 0.25) is 0 Å². The number of hydrogen-bond acceptors (Lipinski definition) is 10. The largest absolute Gasteiger partial charge is 0.480 e. The van der Waals surface area contributed by atoms with Crippen LogP contribution in [-0.4, -0.2) is 90.6 Å².